The molecule has 3 aromatic rings. The van der Waals surface area contributed by atoms with Crippen LogP contribution in [0.5, 0.6) is 0 Å². The largest absolute Gasteiger partial charge is 0.463 e. The molecule has 3 aliphatic heterocycles. The highest BCUT2D eigenvalue weighted by molar-refractivity contribution is 6.05. The van der Waals surface area contributed by atoms with Crippen LogP contribution in [0.3, 0.4) is 0 Å². The average molecular weight is 680 g/mol. The van der Waals surface area contributed by atoms with Gasteiger partial charge in [-0.2, -0.15) is 0 Å². The highest BCUT2D eigenvalue weighted by Crippen LogP contribution is 2.58. The van der Waals surface area contributed by atoms with Crippen LogP contribution in [0.2, 0.25) is 0 Å². The molecule has 2 N–H and O–H groups in total. The van der Waals surface area contributed by atoms with Gasteiger partial charge in [0.15, 0.2) is 0 Å². The molecule has 3 heterocycles. The topological polar surface area (TPSA) is 125 Å². The summed E-state index contributed by atoms with van der Waals surface area (Å²) in [6.45, 7) is 7.89. The summed E-state index contributed by atoms with van der Waals surface area (Å²) in [6, 6.07) is 21.3. The van der Waals surface area contributed by atoms with E-state index < -0.39 is 41.6 Å². The molecule has 50 heavy (non-hydrogen) atoms. The second kappa shape index (κ2) is 15.4. The number of hydrogen-bond donors (Lipinski definition) is 2. The Labute approximate surface area is 292 Å². The summed E-state index contributed by atoms with van der Waals surface area (Å²) in [5.74, 6) is -3.10. The highest BCUT2D eigenvalue weighted by Gasteiger charge is 2.74. The Kier molecular flexibility index (Phi) is 10.8. The number of ether oxygens (including phenoxy) is 2. The van der Waals surface area contributed by atoms with Crippen molar-refractivity contribution in [3.63, 3.8) is 0 Å². The standard InChI is InChI=1S/C40H45N3O7/c1-3-5-17-33(45)49-26-31(28-14-7-6-8-15-28)41-37(46)34-32-20-21-40(50-32)35(34)38(47)43(23-11-12-24-44)36(40)39(48)42(22-4-2)30-19-18-27-13-9-10-16-29(27)25-30/h3-4,6-10,13-16,18-19,25,31-32,34-36,44H,1-2,5,11-12,17,20-24,26H2,(H,41,46)/t31-,32-,34+,35+,36-,40+/m0/s1. The van der Waals surface area contributed by atoms with Gasteiger partial charge in [-0.25, -0.2) is 0 Å². The number of nitrogens with zero attached hydrogens (tertiary/aromatic N) is 2. The van der Waals surface area contributed by atoms with Crippen LogP contribution in [0, 0.1) is 11.8 Å². The van der Waals surface area contributed by atoms with Gasteiger partial charge in [-0.3, -0.25) is 19.2 Å². The number of nitrogens with one attached hydrogen (secondary N) is 1. The van der Waals surface area contributed by atoms with Crippen molar-refractivity contribution >= 4 is 40.2 Å². The monoisotopic (exact) mass is 679 g/mol. The number of carbonyl (C=O) groups excluding carboxylic acids is 4. The van der Waals surface area contributed by atoms with Crippen LogP contribution in [-0.2, 0) is 28.7 Å². The minimum atomic E-state index is -1.20. The number of aliphatic hydroxyl groups excluding tert-OH is 1. The Balaban J connectivity index is 1.31. The van der Waals surface area contributed by atoms with E-state index in [2.05, 4.69) is 18.5 Å². The Hall–Kier alpha value is -4.80. The summed E-state index contributed by atoms with van der Waals surface area (Å²) < 4.78 is 12.2. The normalized spacial score (nSPS) is 24.1. The highest BCUT2D eigenvalue weighted by atomic mass is 16.5. The van der Waals surface area contributed by atoms with Gasteiger partial charge in [-0.15, -0.1) is 13.2 Å². The molecular formula is C40H45N3O7. The summed E-state index contributed by atoms with van der Waals surface area (Å²) in [7, 11) is 0. The SMILES string of the molecule is C=CCCC(=O)OC[C@H](NC(=O)[C@@H]1[C@@H]2CC[C@]3(O2)[C@H](C(=O)N(CC=C)c2ccc4ccccc4c2)N(CCCCO)C(=O)[C@@H]13)c1ccccc1. The molecule has 0 aliphatic carbocycles. The van der Waals surface area contributed by atoms with Gasteiger partial charge in [-0.05, 0) is 60.6 Å². The zero-order valence-electron chi connectivity index (χ0n) is 28.2. The number of unbranched alkanes of at least 4 members (excludes halogenated alkanes) is 1. The molecule has 0 unspecified atom stereocenters. The van der Waals surface area contributed by atoms with E-state index in [1.807, 2.05) is 72.8 Å². The van der Waals surface area contributed by atoms with Crippen molar-refractivity contribution < 1.29 is 33.8 Å². The number of rotatable bonds is 16. The molecule has 2 bridgehead atoms. The molecule has 3 fully saturated rings. The van der Waals surface area contributed by atoms with Gasteiger partial charge in [0.2, 0.25) is 11.8 Å². The van der Waals surface area contributed by atoms with E-state index in [1.54, 1.807) is 22.0 Å². The molecule has 6 rings (SSSR count). The smallest absolute Gasteiger partial charge is 0.306 e. The van der Waals surface area contributed by atoms with Gasteiger partial charge in [0.05, 0.1) is 24.0 Å². The maximum absolute atomic E-state index is 14.8. The van der Waals surface area contributed by atoms with Crippen molar-refractivity contribution in [2.75, 3.05) is 31.2 Å². The first-order valence-corrected chi connectivity index (χ1v) is 17.4. The van der Waals surface area contributed by atoms with Gasteiger partial charge in [0.25, 0.3) is 5.91 Å². The van der Waals surface area contributed by atoms with E-state index in [9.17, 15) is 24.3 Å². The van der Waals surface area contributed by atoms with Gasteiger partial charge < -0.3 is 29.7 Å². The van der Waals surface area contributed by atoms with Crippen molar-refractivity contribution in [2.24, 2.45) is 11.8 Å². The summed E-state index contributed by atoms with van der Waals surface area (Å²) in [5.41, 5.74) is 0.227. The Morgan fingerprint density at radius 2 is 1.80 bits per heavy atom. The lowest BCUT2D eigenvalue weighted by Crippen LogP contribution is -2.56. The van der Waals surface area contributed by atoms with Crippen LogP contribution >= 0.6 is 0 Å². The first-order valence-electron chi connectivity index (χ1n) is 17.4. The third-order valence-electron chi connectivity index (χ3n) is 10.2. The fourth-order valence-electron chi connectivity index (χ4n) is 7.95. The minimum absolute atomic E-state index is 0.0441. The minimum Gasteiger partial charge on any atom is -0.463 e. The third kappa shape index (κ3) is 6.69. The zero-order valence-corrected chi connectivity index (χ0v) is 28.2. The second-order valence-corrected chi connectivity index (χ2v) is 13.3. The number of amides is 3. The first-order chi connectivity index (χ1) is 24.3. The fourth-order valence-corrected chi connectivity index (χ4v) is 7.95. The number of hydrogen-bond acceptors (Lipinski definition) is 7. The second-order valence-electron chi connectivity index (χ2n) is 13.3. The van der Waals surface area contributed by atoms with Gasteiger partial charge in [0, 0.05) is 31.8 Å². The summed E-state index contributed by atoms with van der Waals surface area (Å²) in [4.78, 5) is 59.2. The molecule has 0 radical (unpaired) electrons. The Morgan fingerprint density at radius 1 is 1.04 bits per heavy atom. The molecule has 0 aromatic heterocycles. The lowest BCUT2D eigenvalue weighted by atomic mass is 9.70. The lowest BCUT2D eigenvalue weighted by molar-refractivity contribution is -0.146. The number of anilines is 1. The number of likely N-dealkylation sites (tertiary alicyclic amines) is 1. The first kappa shape index (κ1) is 35.0. The van der Waals surface area contributed by atoms with Gasteiger partial charge >= 0.3 is 5.97 Å². The van der Waals surface area contributed by atoms with E-state index in [0.717, 1.165) is 16.3 Å². The van der Waals surface area contributed by atoms with Gasteiger partial charge in [0.1, 0.15) is 18.2 Å². The predicted octanol–water partition coefficient (Wildman–Crippen LogP) is 4.87. The molecule has 3 saturated heterocycles. The maximum Gasteiger partial charge on any atom is 0.306 e. The number of benzene rings is 3. The molecule has 1 spiro atoms. The van der Waals surface area contributed by atoms with Crippen LogP contribution in [-0.4, -0.2) is 77.7 Å². The molecule has 262 valence electrons. The van der Waals surface area contributed by atoms with Crippen molar-refractivity contribution in [1.82, 2.24) is 10.2 Å². The van der Waals surface area contributed by atoms with Crippen LogP contribution < -0.4 is 10.2 Å². The van der Waals surface area contributed by atoms with Crippen molar-refractivity contribution in [3.8, 4) is 0 Å². The maximum atomic E-state index is 14.8. The van der Waals surface area contributed by atoms with Crippen LogP contribution in [0.4, 0.5) is 5.69 Å². The predicted molar refractivity (Wildman–Crippen MR) is 190 cm³/mol. The zero-order chi connectivity index (χ0) is 35.3. The van der Waals surface area contributed by atoms with E-state index in [0.29, 0.717) is 37.8 Å². The molecule has 0 saturated carbocycles. The molecule has 6 atom stereocenters. The molecule has 3 aromatic carbocycles. The van der Waals surface area contributed by atoms with Crippen molar-refractivity contribution in [3.05, 3.63) is 104 Å². The van der Waals surface area contributed by atoms with Crippen molar-refractivity contribution in [2.45, 2.75) is 62.3 Å². The molecule has 10 heteroatoms. The summed E-state index contributed by atoms with van der Waals surface area (Å²) in [5, 5.41) is 14.6. The number of allylic oxidation sites excluding steroid dienone is 1. The van der Waals surface area contributed by atoms with Crippen LogP contribution in [0.15, 0.2) is 98.1 Å². The van der Waals surface area contributed by atoms with Crippen molar-refractivity contribution in [1.29, 1.82) is 0 Å². The van der Waals surface area contributed by atoms with E-state index in [4.69, 9.17) is 9.47 Å². The van der Waals surface area contributed by atoms with E-state index >= 15 is 0 Å². The third-order valence-corrected chi connectivity index (χ3v) is 10.2. The number of carbonyl (C=O) groups is 4. The number of aliphatic hydroxyl groups is 1. The molecule has 3 amide bonds. The van der Waals surface area contributed by atoms with Gasteiger partial charge in [-0.1, -0.05) is 72.8 Å². The quantitative estimate of drug-likeness (QED) is 0.126. The number of fused-ring (bicyclic) bond motifs is 2. The number of esters is 1. The Bertz CT molecular complexity index is 1740. The van der Waals surface area contributed by atoms with E-state index in [1.165, 1.54) is 0 Å². The Morgan fingerprint density at radius 3 is 2.54 bits per heavy atom. The summed E-state index contributed by atoms with van der Waals surface area (Å²) in [6.07, 6.45) is 5.32. The fraction of sp³-hybridized carbons (Fsp3) is 0.400. The van der Waals surface area contributed by atoms with Crippen LogP contribution in [0.1, 0.15) is 50.1 Å². The average Bonchev–Trinajstić information content (AvgIpc) is 3.78. The van der Waals surface area contributed by atoms with Crippen LogP contribution in [0.25, 0.3) is 10.8 Å². The molecule has 10 nitrogen and oxygen atoms in total. The summed E-state index contributed by atoms with van der Waals surface area (Å²) >= 11 is 0. The molecule has 3 aliphatic rings. The molecular weight excluding hydrogens is 634 g/mol. The lowest BCUT2D eigenvalue weighted by Gasteiger charge is -2.37. The van der Waals surface area contributed by atoms with E-state index in [-0.39, 0.29) is 50.4 Å².